The molecule has 3 rings (SSSR count). The van der Waals surface area contributed by atoms with Gasteiger partial charge >= 0.3 is 0 Å². The lowest BCUT2D eigenvalue weighted by molar-refractivity contribution is 0.594. The van der Waals surface area contributed by atoms with E-state index < -0.39 is 9.84 Å². The van der Waals surface area contributed by atoms with Crippen molar-refractivity contribution >= 4 is 36.7 Å². The fourth-order valence-electron chi connectivity index (χ4n) is 2.24. The molecule has 0 aliphatic carbocycles. The third-order valence-electron chi connectivity index (χ3n) is 3.43. The van der Waals surface area contributed by atoms with Crippen LogP contribution in [0.2, 0.25) is 0 Å². The maximum atomic E-state index is 12.5. The van der Waals surface area contributed by atoms with Crippen molar-refractivity contribution in [2.75, 3.05) is 0 Å². The van der Waals surface area contributed by atoms with Gasteiger partial charge in [-0.2, -0.15) is 0 Å². The highest BCUT2D eigenvalue weighted by atomic mass is 79.9. The summed E-state index contributed by atoms with van der Waals surface area (Å²) in [7, 11) is -3.38. The predicted octanol–water partition coefficient (Wildman–Crippen LogP) is 4.28. The normalized spacial score (nSPS) is 11.7. The lowest BCUT2D eigenvalue weighted by Crippen LogP contribution is -2.06. The second-order valence-electron chi connectivity index (χ2n) is 5.21. The van der Waals surface area contributed by atoms with Gasteiger partial charge in [-0.05, 0) is 43.3 Å². The first-order valence-corrected chi connectivity index (χ1v) is 9.23. The Bertz CT molecular complexity index is 935. The van der Waals surface area contributed by atoms with Crippen LogP contribution in [0, 0.1) is 6.92 Å². The van der Waals surface area contributed by atoms with Crippen LogP contribution in [0.3, 0.4) is 0 Å². The first-order chi connectivity index (χ1) is 10.4. The molecule has 0 N–H and O–H groups in total. The van der Waals surface area contributed by atoms with Crippen LogP contribution in [-0.4, -0.2) is 13.4 Å². The number of pyridine rings is 1. The number of nitrogens with zero attached hydrogens (tertiary/aromatic N) is 1. The van der Waals surface area contributed by atoms with E-state index >= 15 is 0 Å². The number of aryl methyl sites for hydroxylation is 1. The van der Waals surface area contributed by atoms with Crippen molar-refractivity contribution in [3.8, 4) is 0 Å². The molecule has 0 spiro atoms. The zero-order chi connectivity index (χ0) is 15.7. The Balaban J connectivity index is 1.95. The fraction of sp³-hybridized carbons (Fsp3) is 0.118. The van der Waals surface area contributed by atoms with Crippen LogP contribution in [0.4, 0.5) is 0 Å². The van der Waals surface area contributed by atoms with Crippen LogP contribution in [0.5, 0.6) is 0 Å². The van der Waals surface area contributed by atoms with Crippen molar-refractivity contribution in [2.45, 2.75) is 17.6 Å². The molecular weight excluding hydrogens is 362 g/mol. The topological polar surface area (TPSA) is 47.0 Å². The number of hydrogen-bond acceptors (Lipinski definition) is 3. The SMILES string of the molecule is Cc1ccc(S(=O)(=O)Cc2ccc3cc(Br)ccc3n2)cc1. The van der Waals surface area contributed by atoms with Crippen LogP contribution in [0.1, 0.15) is 11.3 Å². The van der Waals surface area contributed by atoms with Crippen LogP contribution >= 0.6 is 15.9 Å². The molecule has 0 fully saturated rings. The van der Waals surface area contributed by atoms with Crippen molar-refractivity contribution < 1.29 is 8.42 Å². The Morgan fingerprint density at radius 3 is 2.45 bits per heavy atom. The molecule has 0 saturated heterocycles. The minimum absolute atomic E-state index is 0.0952. The van der Waals surface area contributed by atoms with E-state index in [-0.39, 0.29) is 5.75 Å². The highest BCUT2D eigenvalue weighted by Crippen LogP contribution is 2.21. The number of rotatable bonds is 3. The first kappa shape index (κ1) is 15.2. The lowest BCUT2D eigenvalue weighted by atomic mass is 10.2. The molecule has 0 unspecified atom stereocenters. The molecule has 1 heterocycles. The average molecular weight is 376 g/mol. The van der Waals surface area contributed by atoms with Gasteiger partial charge in [0.15, 0.2) is 9.84 Å². The van der Waals surface area contributed by atoms with E-state index in [1.807, 2.05) is 31.2 Å². The average Bonchev–Trinajstić information content (AvgIpc) is 2.47. The fourth-order valence-corrected chi connectivity index (χ4v) is 3.89. The molecule has 5 heteroatoms. The van der Waals surface area contributed by atoms with Crippen molar-refractivity contribution in [3.63, 3.8) is 0 Å². The molecule has 0 atom stereocenters. The Kier molecular flexibility index (Phi) is 4.02. The second kappa shape index (κ2) is 5.82. The first-order valence-electron chi connectivity index (χ1n) is 6.79. The molecule has 0 amide bonds. The van der Waals surface area contributed by atoms with Gasteiger partial charge in [-0.1, -0.05) is 39.7 Å². The minimum atomic E-state index is -3.38. The van der Waals surface area contributed by atoms with Crippen LogP contribution in [0.25, 0.3) is 10.9 Å². The van der Waals surface area contributed by atoms with Gasteiger partial charge in [-0.25, -0.2) is 8.42 Å². The summed E-state index contributed by atoms with van der Waals surface area (Å²) in [6, 6.07) is 16.3. The van der Waals surface area contributed by atoms with Gasteiger partial charge in [-0.3, -0.25) is 4.98 Å². The van der Waals surface area contributed by atoms with E-state index in [9.17, 15) is 8.42 Å². The van der Waals surface area contributed by atoms with E-state index in [1.165, 1.54) is 0 Å². The summed E-state index contributed by atoms with van der Waals surface area (Å²) >= 11 is 3.41. The largest absolute Gasteiger partial charge is 0.252 e. The van der Waals surface area contributed by atoms with E-state index in [0.717, 1.165) is 20.9 Å². The summed E-state index contributed by atoms with van der Waals surface area (Å²) in [4.78, 5) is 4.77. The Labute approximate surface area is 138 Å². The molecular formula is C17H14BrNO2S. The summed E-state index contributed by atoms with van der Waals surface area (Å²) in [5.74, 6) is -0.0952. The molecule has 112 valence electrons. The van der Waals surface area contributed by atoms with E-state index in [2.05, 4.69) is 20.9 Å². The monoisotopic (exact) mass is 375 g/mol. The number of hydrogen-bond donors (Lipinski definition) is 0. The van der Waals surface area contributed by atoms with Crippen molar-refractivity contribution in [1.82, 2.24) is 4.98 Å². The number of halogens is 1. The molecule has 22 heavy (non-hydrogen) atoms. The summed E-state index contributed by atoms with van der Waals surface area (Å²) in [6.45, 7) is 1.93. The Hall–Kier alpha value is -1.72. The third-order valence-corrected chi connectivity index (χ3v) is 5.59. The zero-order valence-electron chi connectivity index (χ0n) is 12.0. The smallest absolute Gasteiger partial charge is 0.184 e. The summed E-state index contributed by atoms with van der Waals surface area (Å²) in [5.41, 5.74) is 2.38. The molecule has 0 aliphatic heterocycles. The zero-order valence-corrected chi connectivity index (χ0v) is 14.4. The third kappa shape index (κ3) is 3.20. The summed E-state index contributed by atoms with van der Waals surface area (Å²) in [6.07, 6.45) is 0. The molecule has 0 radical (unpaired) electrons. The lowest BCUT2D eigenvalue weighted by Gasteiger charge is -2.06. The quantitative estimate of drug-likeness (QED) is 0.686. The van der Waals surface area contributed by atoms with Crippen LogP contribution < -0.4 is 0 Å². The van der Waals surface area contributed by atoms with Gasteiger partial charge in [0.1, 0.15) is 0 Å². The summed E-state index contributed by atoms with van der Waals surface area (Å²) < 4.78 is 25.9. The Morgan fingerprint density at radius 2 is 1.73 bits per heavy atom. The number of aromatic nitrogens is 1. The van der Waals surface area contributed by atoms with E-state index in [4.69, 9.17) is 0 Å². The van der Waals surface area contributed by atoms with Crippen LogP contribution in [0.15, 0.2) is 64.0 Å². The highest BCUT2D eigenvalue weighted by molar-refractivity contribution is 9.10. The maximum absolute atomic E-state index is 12.5. The van der Waals surface area contributed by atoms with E-state index in [0.29, 0.717) is 10.6 Å². The van der Waals surface area contributed by atoms with Gasteiger partial charge in [0, 0.05) is 9.86 Å². The van der Waals surface area contributed by atoms with Gasteiger partial charge in [0.2, 0.25) is 0 Å². The molecule has 3 aromatic rings. The standard InChI is InChI=1S/C17H14BrNO2S/c1-12-2-7-16(8-3-12)22(20,21)11-15-6-4-13-10-14(18)5-9-17(13)19-15/h2-10H,11H2,1H3. The van der Waals surface area contributed by atoms with E-state index in [1.54, 1.807) is 30.3 Å². The van der Waals surface area contributed by atoms with Gasteiger partial charge in [0.05, 0.1) is 21.9 Å². The second-order valence-corrected chi connectivity index (χ2v) is 8.12. The molecule has 3 nitrogen and oxygen atoms in total. The molecule has 0 aliphatic rings. The molecule has 2 aromatic carbocycles. The molecule has 0 bridgehead atoms. The highest BCUT2D eigenvalue weighted by Gasteiger charge is 2.16. The minimum Gasteiger partial charge on any atom is -0.252 e. The molecule has 1 aromatic heterocycles. The van der Waals surface area contributed by atoms with Gasteiger partial charge in [0.25, 0.3) is 0 Å². The Morgan fingerprint density at radius 1 is 1.00 bits per heavy atom. The van der Waals surface area contributed by atoms with Gasteiger partial charge in [-0.15, -0.1) is 0 Å². The predicted molar refractivity (Wildman–Crippen MR) is 91.5 cm³/mol. The molecule has 0 saturated carbocycles. The van der Waals surface area contributed by atoms with Gasteiger partial charge < -0.3 is 0 Å². The summed E-state index contributed by atoms with van der Waals surface area (Å²) in [5, 5.41) is 0.978. The number of benzene rings is 2. The number of fused-ring (bicyclic) bond motifs is 1. The maximum Gasteiger partial charge on any atom is 0.184 e. The van der Waals surface area contributed by atoms with Crippen molar-refractivity contribution in [2.24, 2.45) is 0 Å². The number of sulfone groups is 1. The van der Waals surface area contributed by atoms with Crippen LogP contribution in [-0.2, 0) is 15.6 Å². The van der Waals surface area contributed by atoms with Crippen molar-refractivity contribution in [3.05, 3.63) is 70.3 Å². The van der Waals surface area contributed by atoms with Crippen molar-refractivity contribution in [1.29, 1.82) is 0 Å².